The molecule has 2 aromatic rings. The second-order valence-electron chi connectivity index (χ2n) is 7.74. The summed E-state index contributed by atoms with van der Waals surface area (Å²) in [5, 5.41) is 0.676. The van der Waals surface area contributed by atoms with Crippen LogP contribution in [0.2, 0.25) is 0 Å². The number of methoxy groups -OCH3 is 1. The average Bonchev–Trinajstić information content (AvgIpc) is 3.15. The Balaban J connectivity index is 1.28. The van der Waals surface area contributed by atoms with Gasteiger partial charge in [0.05, 0.1) is 17.3 Å². The Hall–Kier alpha value is -2.35. The number of piperidine rings is 2. The summed E-state index contributed by atoms with van der Waals surface area (Å²) in [7, 11) is 1.65. The number of carbonyl (C=O) groups excluding carboxylic acids is 2. The van der Waals surface area contributed by atoms with Crippen LogP contribution in [0.25, 0.3) is 10.2 Å². The largest absolute Gasteiger partial charge is 0.497 e. The number of carbonyl (C=O) groups is 2. The maximum absolute atomic E-state index is 12.8. The van der Waals surface area contributed by atoms with Gasteiger partial charge in [0.1, 0.15) is 11.9 Å². The van der Waals surface area contributed by atoms with Crippen LogP contribution in [0.1, 0.15) is 32.6 Å². The second-order valence-corrected chi connectivity index (χ2v) is 8.73. The first-order valence-electron chi connectivity index (χ1n) is 10.2. The van der Waals surface area contributed by atoms with Gasteiger partial charge in [-0.3, -0.25) is 9.59 Å². The molecule has 156 valence electrons. The van der Waals surface area contributed by atoms with E-state index in [4.69, 9.17) is 9.47 Å². The lowest BCUT2D eigenvalue weighted by Crippen LogP contribution is -2.47. The summed E-state index contributed by atoms with van der Waals surface area (Å²) in [5.74, 6) is 1.19. The highest BCUT2D eigenvalue weighted by molar-refractivity contribution is 7.20. The molecule has 3 heterocycles. The van der Waals surface area contributed by atoms with Crippen molar-refractivity contribution in [2.75, 3.05) is 33.3 Å². The van der Waals surface area contributed by atoms with Crippen molar-refractivity contribution < 1.29 is 19.1 Å². The van der Waals surface area contributed by atoms with Crippen LogP contribution in [-0.4, -0.2) is 66.0 Å². The van der Waals surface area contributed by atoms with Crippen LogP contribution < -0.4 is 9.47 Å². The lowest BCUT2D eigenvalue weighted by Gasteiger charge is -2.36. The number of hydrogen-bond acceptors (Lipinski definition) is 6. The average molecular weight is 418 g/mol. The van der Waals surface area contributed by atoms with E-state index < -0.39 is 0 Å². The Bertz CT molecular complexity index is 883. The summed E-state index contributed by atoms with van der Waals surface area (Å²) in [5.41, 5.74) is 0.912. The lowest BCUT2D eigenvalue weighted by molar-refractivity contribution is -0.141. The molecule has 4 rings (SSSR count). The van der Waals surface area contributed by atoms with Gasteiger partial charge in [-0.15, -0.1) is 0 Å². The van der Waals surface area contributed by atoms with Gasteiger partial charge in [0.15, 0.2) is 0 Å². The number of nitrogens with zero attached hydrogens (tertiary/aromatic N) is 3. The van der Waals surface area contributed by atoms with Gasteiger partial charge in [0.2, 0.25) is 11.8 Å². The maximum atomic E-state index is 12.8. The molecule has 0 spiro atoms. The zero-order valence-electron chi connectivity index (χ0n) is 16.9. The summed E-state index contributed by atoms with van der Waals surface area (Å²) < 4.78 is 12.4. The molecule has 8 heteroatoms. The number of fused-ring (bicyclic) bond motifs is 1. The summed E-state index contributed by atoms with van der Waals surface area (Å²) in [6, 6.07) is 5.81. The van der Waals surface area contributed by atoms with Gasteiger partial charge in [0.25, 0.3) is 5.19 Å². The fourth-order valence-electron chi connectivity index (χ4n) is 4.10. The Labute approximate surface area is 174 Å². The van der Waals surface area contributed by atoms with E-state index in [-0.39, 0.29) is 23.8 Å². The summed E-state index contributed by atoms with van der Waals surface area (Å²) in [4.78, 5) is 32.6. The van der Waals surface area contributed by atoms with Crippen molar-refractivity contribution in [3.8, 4) is 10.9 Å². The molecule has 1 aromatic carbocycles. The molecule has 0 atom stereocenters. The Kier molecular flexibility index (Phi) is 5.89. The number of likely N-dealkylation sites (tertiary alicyclic amines) is 2. The molecule has 7 nitrogen and oxygen atoms in total. The van der Waals surface area contributed by atoms with Crippen molar-refractivity contribution in [3.63, 3.8) is 0 Å². The fourth-order valence-corrected chi connectivity index (χ4v) is 5.01. The van der Waals surface area contributed by atoms with Crippen molar-refractivity contribution in [1.82, 2.24) is 14.8 Å². The topological polar surface area (TPSA) is 72.0 Å². The van der Waals surface area contributed by atoms with Gasteiger partial charge >= 0.3 is 0 Å². The second kappa shape index (κ2) is 8.57. The minimum atomic E-state index is 0.0438. The molecular formula is C21H27N3O4S. The molecule has 0 N–H and O–H groups in total. The summed E-state index contributed by atoms with van der Waals surface area (Å²) in [6.45, 7) is 4.40. The summed E-state index contributed by atoms with van der Waals surface area (Å²) in [6.07, 6.45) is 3.25. The number of aromatic nitrogens is 1. The van der Waals surface area contributed by atoms with E-state index in [9.17, 15) is 9.59 Å². The molecule has 1 aromatic heterocycles. The Morgan fingerprint density at radius 2 is 1.76 bits per heavy atom. The first-order chi connectivity index (χ1) is 14.0. The molecule has 0 saturated carbocycles. The lowest BCUT2D eigenvalue weighted by atomic mass is 9.94. The quantitative estimate of drug-likeness (QED) is 0.765. The van der Waals surface area contributed by atoms with Crippen molar-refractivity contribution in [2.45, 2.75) is 38.7 Å². The molecule has 2 fully saturated rings. The van der Waals surface area contributed by atoms with Crippen molar-refractivity contribution in [3.05, 3.63) is 18.2 Å². The molecule has 2 aliphatic heterocycles. The van der Waals surface area contributed by atoms with Crippen LogP contribution in [-0.2, 0) is 9.59 Å². The van der Waals surface area contributed by atoms with Gasteiger partial charge in [0, 0.05) is 51.9 Å². The molecule has 0 aliphatic carbocycles. The first-order valence-corrected chi connectivity index (χ1v) is 11.0. The molecule has 0 unspecified atom stereocenters. The predicted octanol–water partition coefficient (Wildman–Crippen LogP) is 2.93. The van der Waals surface area contributed by atoms with Crippen LogP contribution in [0.5, 0.6) is 10.9 Å². The van der Waals surface area contributed by atoms with E-state index in [1.165, 1.54) is 11.3 Å². The molecular weight excluding hydrogens is 390 g/mol. The van der Waals surface area contributed by atoms with E-state index in [1.54, 1.807) is 14.0 Å². The summed E-state index contributed by atoms with van der Waals surface area (Å²) >= 11 is 1.53. The molecule has 2 amide bonds. The number of amides is 2. The minimum absolute atomic E-state index is 0.0438. The third kappa shape index (κ3) is 4.47. The highest BCUT2D eigenvalue weighted by Crippen LogP contribution is 2.32. The fraction of sp³-hybridized carbons (Fsp3) is 0.571. The zero-order valence-corrected chi connectivity index (χ0v) is 17.7. The van der Waals surface area contributed by atoms with E-state index in [2.05, 4.69) is 4.98 Å². The van der Waals surface area contributed by atoms with Crippen molar-refractivity contribution >= 4 is 33.4 Å². The highest BCUT2D eigenvalue weighted by atomic mass is 32.1. The predicted molar refractivity (Wildman–Crippen MR) is 111 cm³/mol. The van der Waals surface area contributed by atoms with Gasteiger partial charge in [-0.25, -0.2) is 4.98 Å². The number of hydrogen-bond donors (Lipinski definition) is 0. The molecule has 29 heavy (non-hydrogen) atoms. The highest BCUT2D eigenvalue weighted by Gasteiger charge is 2.32. The van der Waals surface area contributed by atoms with Gasteiger partial charge in [-0.05, 0) is 31.0 Å². The smallest absolute Gasteiger partial charge is 0.274 e. The van der Waals surface area contributed by atoms with E-state index >= 15 is 0 Å². The van der Waals surface area contributed by atoms with Crippen LogP contribution in [0.4, 0.5) is 0 Å². The van der Waals surface area contributed by atoms with Crippen LogP contribution in [0.15, 0.2) is 18.2 Å². The monoisotopic (exact) mass is 417 g/mol. The number of rotatable bonds is 4. The zero-order chi connectivity index (χ0) is 20.4. The van der Waals surface area contributed by atoms with E-state index in [1.807, 2.05) is 28.0 Å². The van der Waals surface area contributed by atoms with Crippen molar-refractivity contribution in [1.29, 1.82) is 0 Å². The van der Waals surface area contributed by atoms with Gasteiger partial charge in [-0.2, -0.15) is 0 Å². The Morgan fingerprint density at radius 3 is 2.41 bits per heavy atom. The standard InChI is InChI=1S/C21H27N3O4S/c1-14(25)23-9-5-15(6-10-23)20(26)24-11-7-16(8-12-24)28-21-22-18-4-3-17(27-2)13-19(18)29-21/h3-4,13,15-16H,5-12H2,1-2H3. The molecule has 0 radical (unpaired) electrons. The third-order valence-electron chi connectivity index (χ3n) is 5.89. The van der Waals surface area contributed by atoms with Gasteiger partial charge in [-0.1, -0.05) is 11.3 Å². The van der Waals surface area contributed by atoms with Crippen LogP contribution in [0.3, 0.4) is 0 Å². The number of thiazole rings is 1. The van der Waals surface area contributed by atoms with Crippen molar-refractivity contribution in [2.24, 2.45) is 5.92 Å². The van der Waals surface area contributed by atoms with Crippen LogP contribution in [0, 0.1) is 5.92 Å². The third-order valence-corrected chi connectivity index (χ3v) is 6.80. The SMILES string of the molecule is COc1ccc2nc(OC3CCN(C(=O)C4CCN(C(C)=O)CC4)CC3)sc2c1. The number of benzene rings is 1. The maximum Gasteiger partial charge on any atom is 0.274 e. The molecule has 2 saturated heterocycles. The van der Waals surface area contributed by atoms with Crippen LogP contribution >= 0.6 is 11.3 Å². The van der Waals surface area contributed by atoms with Gasteiger partial charge < -0.3 is 19.3 Å². The molecule has 0 bridgehead atoms. The number of ether oxygens (including phenoxy) is 2. The minimum Gasteiger partial charge on any atom is -0.497 e. The van der Waals surface area contributed by atoms with E-state index in [0.29, 0.717) is 18.3 Å². The molecule has 2 aliphatic rings. The normalized spacial score (nSPS) is 18.8. The first kappa shape index (κ1) is 19.9. The Morgan fingerprint density at radius 1 is 1.07 bits per heavy atom. The van der Waals surface area contributed by atoms with E-state index in [0.717, 1.165) is 54.7 Å².